The number of hydrazone groups is 1. The Morgan fingerprint density at radius 3 is 2.40 bits per heavy atom. The molecule has 0 saturated carbocycles. The molecule has 1 aromatic carbocycles. The zero-order valence-corrected chi connectivity index (χ0v) is 13.3. The van der Waals surface area contributed by atoms with Gasteiger partial charge in [0, 0.05) is 11.3 Å². The summed E-state index contributed by atoms with van der Waals surface area (Å²) in [6.45, 7) is 6.17. The summed E-state index contributed by atoms with van der Waals surface area (Å²) < 4.78 is 5.52. The highest BCUT2D eigenvalue weighted by molar-refractivity contribution is 6.37. The molecular formula is C14H18Cl2N2O2. The first-order chi connectivity index (χ1) is 9.45. The minimum Gasteiger partial charge on any atom is -0.490 e. The topological polar surface area (TPSA) is 50.7 Å². The second-order valence-electron chi connectivity index (χ2n) is 4.47. The van der Waals surface area contributed by atoms with Crippen LogP contribution in [0.4, 0.5) is 0 Å². The summed E-state index contributed by atoms with van der Waals surface area (Å²) in [6, 6.07) is 3.04. The van der Waals surface area contributed by atoms with Gasteiger partial charge in [-0.3, -0.25) is 4.79 Å². The number of hydrogen-bond acceptors (Lipinski definition) is 3. The minimum atomic E-state index is -0.366. The predicted octanol–water partition coefficient (Wildman–Crippen LogP) is 4.30. The Hall–Kier alpha value is -1.26. The Balaban J connectivity index is 2.87. The van der Waals surface area contributed by atoms with E-state index >= 15 is 0 Å². The van der Waals surface area contributed by atoms with Gasteiger partial charge in [0.25, 0.3) is 5.91 Å². The van der Waals surface area contributed by atoms with Crippen LogP contribution in [0, 0.1) is 0 Å². The van der Waals surface area contributed by atoms with Gasteiger partial charge in [-0.25, -0.2) is 5.43 Å². The molecule has 0 atom stereocenters. The van der Waals surface area contributed by atoms with Crippen molar-refractivity contribution in [3.8, 4) is 5.75 Å². The lowest BCUT2D eigenvalue weighted by Gasteiger charge is -2.11. The van der Waals surface area contributed by atoms with Crippen molar-refractivity contribution >= 4 is 34.8 Å². The number of nitrogens with one attached hydrogen (secondary N) is 1. The van der Waals surface area contributed by atoms with Gasteiger partial charge in [-0.1, -0.05) is 36.5 Å². The van der Waals surface area contributed by atoms with Crippen molar-refractivity contribution in [3.05, 3.63) is 27.7 Å². The van der Waals surface area contributed by atoms with Crippen molar-refractivity contribution in [3.63, 3.8) is 0 Å². The normalized spacial score (nSPS) is 10.1. The molecule has 0 spiro atoms. The molecule has 6 heteroatoms. The van der Waals surface area contributed by atoms with Gasteiger partial charge in [0.2, 0.25) is 0 Å². The number of halogens is 2. The molecule has 0 saturated heterocycles. The first kappa shape index (κ1) is 16.8. The van der Waals surface area contributed by atoms with E-state index in [0.29, 0.717) is 28.0 Å². The fourth-order valence-electron chi connectivity index (χ4n) is 1.37. The molecular weight excluding hydrogens is 299 g/mol. The van der Waals surface area contributed by atoms with Crippen LogP contribution in [0.1, 0.15) is 44.0 Å². The molecule has 20 heavy (non-hydrogen) atoms. The van der Waals surface area contributed by atoms with Crippen LogP contribution in [-0.4, -0.2) is 18.2 Å². The zero-order valence-electron chi connectivity index (χ0n) is 11.8. The highest BCUT2D eigenvalue weighted by Crippen LogP contribution is 2.34. The van der Waals surface area contributed by atoms with E-state index in [2.05, 4.69) is 17.5 Å². The van der Waals surface area contributed by atoms with Crippen molar-refractivity contribution < 1.29 is 9.53 Å². The highest BCUT2D eigenvalue weighted by atomic mass is 35.5. The van der Waals surface area contributed by atoms with Gasteiger partial charge in [0.15, 0.2) is 5.75 Å². The first-order valence-electron chi connectivity index (χ1n) is 6.38. The summed E-state index contributed by atoms with van der Waals surface area (Å²) in [6.07, 6.45) is 1.93. The third-order valence-corrected chi connectivity index (χ3v) is 2.95. The second-order valence-corrected chi connectivity index (χ2v) is 5.29. The summed E-state index contributed by atoms with van der Waals surface area (Å²) in [7, 11) is 0. The number of hydrogen-bond donors (Lipinski definition) is 1. The SMILES string of the molecule is CCCCOc1c(Cl)cc(C(=O)NN=C(C)C)cc1Cl. The smallest absolute Gasteiger partial charge is 0.271 e. The summed E-state index contributed by atoms with van der Waals surface area (Å²) in [5, 5.41) is 4.47. The largest absolute Gasteiger partial charge is 0.490 e. The summed E-state index contributed by atoms with van der Waals surface area (Å²) >= 11 is 12.2. The van der Waals surface area contributed by atoms with Crippen LogP contribution in [0.3, 0.4) is 0 Å². The van der Waals surface area contributed by atoms with Gasteiger partial charge in [-0.05, 0) is 32.4 Å². The number of carbonyl (C=O) groups is 1. The maximum absolute atomic E-state index is 11.8. The van der Waals surface area contributed by atoms with Crippen LogP contribution < -0.4 is 10.2 Å². The predicted molar refractivity (Wildman–Crippen MR) is 83.1 cm³/mol. The van der Waals surface area contributed by atoms with E-state index < -0.39 is 0 Å². The van der Waals surface area contributed by atoms with Crippen molar-refractivity contribution in [2.75, 3.05) is 6.61 Å². The molecule has 0 aliphatic carbocycles. The molecule has 0 aliphatic rings. The van der Waals surface area contributed by atoms with Crippen LogP contribution in [-0.2, 0) is 0 Å². The number of benzene rings is 1. The lowest BCUT2D eigenvalue weighted by Crippen LogP contribution is -2.18. The van der Waals surface area contributed by atoms with E-state index in [-0.39, 0.29) is 5.91 Å². The molecule has 1 aromatic rings. The van der Waals surface area contributed by atoms with Crippen molar-refractivity contribution in [1.29, 1.82) is 0 Å². The summed E-state index contributed by atoms with van der Waals surface area (Å²) in [5.74, 6) is 0.0450. The van der Waals surface area contributed by atoms with E-state index in [9.17, 15) is 4.79 Å². The third kappa shape index (κ3) is 5.02. The number of nitrogens with zero attached hydrogens (tertiary/aromatic N) is 1. The van der Waals surface area contributed by atoms with Crippen LogP contribution in [0.5, 0.6) is 5.75 Å². The Labute approximate surface area is 129 Å². The fourth-order valence-corrected chi connectivity index (χ4v) is 1.97. The quantitative estimate of drug-likeness (QED) is 0.483. The number of ether oxygens (including phenoxy) is 1. The summed E-state index contributed by atoms with van der Waals surface area (Å²) in [5.41, 5.74) is 3.50. The van der Waals surface area contributed by atoms with Gasteiger partial charge >= 0.3 is 0 Å². The van der Waals surface area contributed by atoms with Gasteiger partial charge in [-0.2, -0.15) is 5.10 Å². The molecule has 110 valence electrons. The molecule has 0 aliphatic heterocycles. The van der Waals surface area contributed by atoms with Crippen LogP contribution in [0.2, 0.25) is 10.0 Å². The van der Waals surface area contributed by atoms with Crippen molar-refractivity contribution in [2.24, 2.45) is 5.10 Å². The molecule has 0 bridgehead atoms. The average Bonchev–Trinajstić information content (AvgIpc) is 2.38. The third-order valence-electron chi connectivity index (χ3n) is 2.39. The number of amides is 1. The molecule has 0 aromatic heterocycles. The standard InChI is InChI=1S/C14H18Cl2N2O2/c1-4-5-6-20-13-11(15)7-10(8-12(13)16)14(19)18-17-9(2)3/h7-8H,4-6H2,1-3H3,(H,18,19). The van der Waals surface area contributed by atoms with Gasteiger partial charge in [0.05, 0.1) is 16.7 Å². The molecule has 0 heterocycles. The molecule has 0 unspecified atom stereocenters. The first-order valence-corrected chi connectivity index (χ1v) is 7.14. The lowest BCUT2D eigenvalue weighted by atomic mass is 10.2. The maximum atomic E-state index is 11.8. The van der Waals surface area contributed by atoms with Crippen molar-refractivity contribution in [1.82, 2.24) is 5.43 Å². The zero-order chi connectivity index (χ0) is 15.1. The Kier molecular flexibility index (Phi) is 6.82. The number of rotatable bonds is 6. The highest BCUT2D eigenvalue weighted by Gasteiger charge is 2.13. The van der Waals surface area contributed by atoms with Gasteiger partial charge in [0.1, 0.15) is 0 Å². The molecule has 4 nitrogen and oxygen atoms in total. The minimum absolute atomic E-state index is 0.316. The fraction of sp³-hybridized carbons (Fsp3) is 0.429. The van der Waals surface area contributed by atoms with E-state index in [4.69, 9.17) is 27.9 Å². The van der Waals surface area contributed by atoms with Crippen molar-refractivity contribution in [2.45, 2.75) is 33.6 Å². The van der Waals surface area contributed by atoms with Gasteiger partial charge in [-0.15, -0.1) is 0 Å². The van der Waals surface area contributed by atoms with E-state index in [1.165, 1.54) is 12.1 Å². The lowest BCUT2D eigenvalue weighted by molar-refractivity contribution is 0.0954. The van der Waals surface area contributed by atoms with E-state index in [1.807, 2.05) is 0 Å². The molecule has 1 rings (SSSR count). The Bertz CT molecular complexity index is 489. The summed E-state index contributed by atoms with van der Waals surface area (Å²) in [4.78, 5) is 11.8. The Morgan fingerprint density at radius 1 is 1.30 bits per heavy atom. The second kappa shape index (κ2) is 8.12. The van der Waals surface area contributed by atoms with Gasteiger partial charge < -0.3 is 4.74 Å². The maximum Gasteiger partial charge on any atom is 0.271 e. The number of unbranched alkanes of at least 4 members (excludes halogenated alkanes) is 1. The molecule has 1 N–H and O–H groups in total. The number of carbonyl (C=O) groups excluding carboxylic acids is 1. The molecule has 0 fully saturated rings. The molecule has 1 amide bonds. The van der Waals surface area contributed by atoms with E-state index in [0.717, 1.165) is 18.6 Å². The Morgan fingerprint density at radius 2 is 1.90 bits per heavy atom. The van der Waals surface area contributed by atoms with Crippen LogP contribution in [0.15, 0.2) is 17.2 Å². The molecule has 0 radical (unpaired) electrons. The van der Waals surface area contributed by atoms with E-state index in [1.54, 1.807) is 13.8 Å². The van der Waals surface area contributed by atoms with Crippen LogP contribution >= 0.6 is 23.2 Å². The monoisotopic (exact) mass is 316 g/mol. The average molecular weight is 317 g/mol. The van der Waals surface area contributed by atoms with Crippen LogP contribution in [0.25, 0.3) is 0 Å².